The minimum Gasteiger partial charge on any atom is -0.496 e. The lowest BCUT2D eigenvalue weighted by Crippen LogP contribution is -2.41. The summed E-state index contributed by atoms with van der Waals surface area (Å²) in [6.07, 6.45) is 0.773. The normalized spacial score (nSPS) is 12.1. The molecule has 0 spiro atoms. The predicted molar refractivity (Wildman–Crippen MR) is 141 cm³/mol. The highest BCUT2D eigenvalue weighted by Gasteiger charge is 2.24. The second-order valence-electron chi connectivity index (χ2n) is 8.15. The molecular formula is C23H35IN4O3S. The molecule has 0 aliphatic rings. The van der Waals surface area contributed by atoms with Gasteiger partial charge >= 0.3 is 0 Å². The zero-order valence-electron chi connectivity index (χ0n) is 19.4. The Morgan fingerprint density at radius 3 is 2.25 bits per heavy atom. The summed E-state index contributed by atoms with van der Waals surface area (Å²) in [7, 11) is -1.98. The zero-order chi connectivity index (χ0) is 22.9. The van der Waals surface area contributed by atoms with Gasteiger partial charge in [-0.1, -0.05) is 36.4 Å². The summed E-state index contributed by atoms with van der Waals surface area (Å²) in [4.78, 5) is 4.85. The molecule has 32 heavy (non-hydrogen) atoms. The van der Waals surface area contributed by atoms with Crippen LogP contribution >= 0.6 is 24.0 Å². The molecule has 0 heterocycles. The average Bonchev–Trinajstić information content (AvgIpc) is 2.71. The van der Waals surface area contributed by atoms with Crippen molar-refractivity contribution in [3.05, 3.63) is 59.7 Å². The van der Waals surface area contributed by atoms with E-state index in [-0.39, 0.29) is 35.4 Å². The molecule has 2 aromatic carbocycles. The number of ether oxygens (including phenoxy) is 1. The van der Waals surface area contributed by atoms with E-state index in [0.29, 0.717) is 24.6 Å². The average molecular weight is 575 g/mol. The zero-order valence-corrected chi connectivity index (χ0v) is 22.6. The molecule has 0 saturated heterocycles. The Bertz CT molecular complexity index is 989. The number of guanidine groups is 1. The van der Waals surface area contributed by atoms with Crippen molar-refractivity contribution in [1.29, 1.82) is 0 Å². The van der Waals surface area contributed by atoms with Gasteiger partial charge in [-0.2, -0.15) is 0 Å². The monoisotopic (exact) mass is 574 g/mol. The summed E-state index contributed by atoms with van der Waals surface area (Å²) in [6, 6.07) is 14.9. The fraction of sp³-hybridized carbons (Fsp3) is 0.435. The molecule has 7 nitrogen and oxygen atoms in total. The molecule has 0 fully saturated rings. The van der Waals surface area contributed by atoms with Gasteiger partial charge in [0.05, 0.1) is 18.6 Å². The van der Waals surface area contributed by atoms with E-state index in [9.17, 15) is 8.42 Å². The number of aliphatic imine (C=N–C) groups is 1. The van der Waals surface area contributed by atoms with Gasteiger partial charge in [0.25, 0.3) is 0 Å². The van der Waals surface area contributed by atoms with Gasteiger partial charge in [-0.3, -0.25) is 0 Å². The van der Waals surface area contributed by atoms with E-state index in [1.165, 1.54) is 0 Å². The maximum Gasteiger partial charge on any atom is 0.241 e. The first kappa shape index (κ1) is 28.2. The van der Waals surface area contributed by atoms with Crippen LogP contribution in [0.2, 0.25) is 0 Å². The summed E-state index contributed by atoms with van der Waals surface area (Å²) >= 11 is 0. The van der Waals surface area contributed by atoms with Gasteiger partial charge in [-0.25, -0.2) is 18.1 Å². The van der Waals surface area contributed by atoms with Crippen LogP contribution in [-0.4, -0.2) is 40.1 Å². The Morgan fingerprint density at radius 2 is 1.62 bits per heavy atom. The molecule has 0 radical (unpaired) electrons. The number of benzene rings is 2. The SMILES string of the molecule is CCNC(=NCc1ccccc1S(=O)(=O)NC(C)(C)C)NCCc1ccccc1OC.I. The van der Waals surface area contributed by atoms with E-state index >= 15 is 0 Å². The summed E-state index contributed by atoms with van der Waals surface area (Å²) in [5.41, 5.74) is 1.18. The smallest absolute Gasteiger partial charge is 0.241 e. The molecule has 2 aromatic rings. The summed E-state index contributed by atoms with van der Waals surface area (Å²) in [5, 5.41) is 6.51. The molecule has 0 aliphatic heterocycles. The minimum atomic E-state index is -3.64. The summed E-state index contributed by atoms with van der Waals surface area (Å²) < 4.78 is 33.8. The highest BCUT2D eigenvalue weighted by Crippen LogP contribution is 2.19. The highest BCUT2D eigenvalue weighted by molar-refractivity contribution is 14.0. The molecule has 178 valence electrons. The molecule has 0 aliphatic carbocycles. The highest BCUT2D eigenvalue weighted by atomic mass is 127. The second kappa shape index (κ2) is 13.0. The van der Waals surface area contributed by atoms with Crippen molar-refractivity contribution in [3.63, 3.8) is 0 Å². The minimum absolute atomic E-state index is 0. The first-order valence-corrected chi connectivity index (χ1v) is 11.9. The van der Waals surface area contributed by atoms with E-state index in [4.69, 9.17) is 4.74 Å². The van der Waals surface area contributed by atoms with Crippen molar-refractivity contribution in [2.24, 2.45) is 4.99 Å². The van der Waals surface area contributed by atoms with Crippen LogP contribution in [0.5, 0.6) is 5.75 Å². The fourth-order valence-electron chi connectivity index (χ4n) is 3.09. The van der Waals surface area contributed by atoms with Gasteiger partial charge in [0, 0.05) is 18.6 Å². The quantitative estimate of drug-likeness (QED) is 0.242. The third-order valence-electron chi connectivity index (χ3n) is 4.33. The lowest BCUT2D eigenvalue weighted by Gasteiger charge is -2.21. The number of hydrogen-bond donors (Lipinski definition) is 3. The Balaban J connectivity index is 0.00000512. The number of nitrogens with zero attached hydrogens (tertiary/aromatic N) is 1. The Kier molecular flexibility index (Phi) is 11.5. The molecule has 0 aromatic heterocycles. The molecule has 0 bridgehead atoms. The van der Waals surface area contributed by atoms with E-state index in [1.807, 2.05) is 58.0 Å². The van der Waals surface area contributed by atoms with Crippen LogP contribution in [-0.2, 0) is 23.0 Å². The predicted octanol–water partition coefficient (Wildman–Crippen LogP) is 3.69. The molecule has 3 N–H and O–H groups in total. The molecule has 0 saturated carbocycles. The van der Waals surface area contributed by atoms with E-state index in [0.717, 1.165) is 17.7 Å². The topological polar surface area (TPSA) is 91.8 Å². The largest absolute Gasteiger partial charge is 0.496 e. The van der Waals surface area contributed by atoms with Crippen molar-refractivity contribution >= 4 is 40.0 Å². The Hall–Kier alpha value is -1.85. The number of rotatable bonds is 9. The molecule has 0 amide bonds. The van der Waals surface area contributed by atoms with Crippen LogP contribution in [0, 0.1) is 0 Å². The molecule has 0 atom stereocenters. The number of methoxy groups -OCH3 is 1. The van der Waals surface area contributed by atoms with E-state index in [1.54, 1.807) is 25.3 Å². The first-order valence-electron chi connectivity index (χ1n) is 10.4. The van der Waals surface area contributed by atoms with Crippen LogP contribution in [0.4, 0.5) is 0 Å². The number of para-hydroxylation sites is 1. The van der Waals surface area contributed by atoms with Crippen LogP contribution in [0.3, 0.4) is 0 Å². The lowest BCUT2D eigenvalue weighted by molar-refractivity contribution is 0.409. The van der Waals surface area contributed by atoms with Crippen LogP contribution in [0.25, 0.3) is 0 Å². The van der Waals surface area contributed by atoms with E-state index < -0.39 is 15.6 Å². The third-order valence-corrected chi connectivity index (χ3v) is 6.19. The van der Waals surface area contributed by atoms with Gasteiger partial charge in [0.2, 0.25) is 10.0 Å². The van der Waals surface area contributed by atoms with Crippen LogP contribution < -0.4 is 20.1 Å². The molecule has 2 rings (SSSR count). The third kappa shape index (κ3) is 8.95. The Labute approximate surface area is 209 Å². The molecule has 0 unspecified atom stereocenters. The standard InChI is InChI=1S/C23H34N4O3S.HI/c1-6-24-22(25-16-15-18-11-7-9-13-20(18)30-5)26-17-19-12-8-10-14-21(19)31(28,29)27-23(2,3)4;/h7-14,27H,6,15-17H2,1-5H3,(H2,24,25,26);1H. The second-order valence-corrected chi connectivity index (χ2v) is 9.80. The summed E-state index contributed by atoms with van der Waals surface area (Å²) in [6.45, 7) is 9.05. The Morgan fingerprint density at radius 1 is 1.00 bits per heavy atom. The number of nitrogens with one attached hydrogen (secondary N) is 3. The van der Waals surface area contributed by atoms with Crippen molar-refractivity contribution in [3.8, 4) is 5.75 Å². The van der Waals surface area contributed by atoms with Gasteiger partial charge in [-0.15, -0.1) is 24.0 Å². The maximum absolute atomic E-state index is 12.8. The van der Waals surface area contributed by atoms with Gasteiger partial charge in [0.1, 0.15) is 5.75 Å². The number of halogens is 1. The number of sulfonamides is 1. The maximum atomic E-state index is 12.8. The van der Waals surface area contributed by atoms with E-state index in [2.05, 4.69) is 20.3 Å². The van der Waals surface area contributed by atoms with Crippen LogP contribution in [0.1, 0.15) is 38.8 Å². The first-order chi connectivity index (χ1) is 14.7. The number of hydrogen-bond acceptors (Lipinski definition) is 4. The molecular weight excluding hydrogens is 539 g/mol. The molecule has 9 heteroatoms. The van der Waals surface area contributed by atoms with Gasteiger partial charge in [-0.05, 0) is 57.4 Å². The van der Waals surface area contributed by atoms with Crippen LogP contribution in [0.15, 0.2) is 58.4 Å². The van der Waals surface area contributed by atoms with Gasteiger partial charge < -0.3 is 15.4 Å². The fourth-order valence-corrected chi connectivity index (χ4v) is 4.74. The van der Waals surface area contributed by atoms with Crippen molar-refractivity contribution < 1.29 is 13.2 Å². The van der Waals surface area contributed by atoms with Crippen molar-refractivity contribution in [2.75, 3.05) is 20.2 Å². The van der Waals surface area contributed by atoms with Crippen molar-refractivity contribution in [1.82, 2.24) is 15.4 Å². The summed E-state index contributed by atoms with van der Waals surface area (Å²) in [5.74, 6) is 1.49. The lowest BCUT2D eigenvalue weighted by atomic mass is 10.1. The van der Waals surface area contributed by atoms with Gasteiger partial charge in [0.15, 0.2) is 5.96 Å². The van der Waals surface area contributed by atoms with Crippen molar-refractivity contribution in [2.45, 2.75) is 51.1 Å².